The SMILES string of the molecule is CC12CCC(C1=O)C(C(=O)O)C2C(=O)O. The van der Waals surface area contributed by atoms with Gasteiger partial charge in [-0.1, -0.05) is 6.92 Å². The predicted octanol–water partition coefficient (Wildman–Crippen LogP) is 0.387. The van der Waals surface area contributed by atoms with Crippen molar-refractivity contribution in [3.8, 4) is 0 Å². The van der Waals surface area contributed by atoms with Crippen molar-refractivity contribution in [1.29, 1.82) is 0 Å². The van der Waals surface area contributed by atoms with Gasteiger partial charge in [-0.25, -0.2) is 0 Å². The molecular formula is C10H12O5. The van der Waals surface area contributed by atoms with Crippen LogP contribution in [0.5, 0.6) is 0 Å². The van der Waals surface area contributed by atoms with E-state index in [-0.39, 0.29) is 5.78 Å². The molecular weight excluding hydrogens is 200 g/mol. The molecule has 0 radical (unpaired) electrons. The van der Waals surface area contributed by atoms with Crippen LogP contribution in [0.1, 0.15) is 19.8 Å². The number of ketones is 1. The molecule has 15 heavy (non-hydrogen) atoms. The Kier molecular flexibility index (Phi) is 1.90. The fraction of sp³-hybridized carbons (Fsp3) is 0.700. The lowest BCUT2D eigenvalue weighted by Gasteiger charge is -2.29. The lowest BCUT2D eigenvalue weighted by atomic mass is 9.71. The molecule has 5 heteroatoms. The van der Waals surface area contributed by atoms with Crippen LogP contribution in [-0.4, -0.2) is 27.9 Å². The zero-order valence-electron chi connectivity index (χ0n) is 8.27. The second-order valence-corrected chi connectivity index (χ2v) is 4.61. The highest BCUT2D eigenvalue weighted by molar-refractivity contribution is 6.01. The molecule has 0 spiro atoms. The van der Waals surface area contributed by atoms with E-state index in [2.05, 4.69) is 0 Å². The van der Waals surface area contributed by atoms with Gasteiger partial charge in [0.15, 0.2) is 0 Å². The average Bonchev–Trinajstić information content (AvgIpc) is 2.52. The molecule has 0 aromatic rings. The van der Waals surface area contributed by atoms with Gasteiger partial charge in [-0.05, 0) is 12.8 Å². The molecule has 0 aromatic heterocycles. The smallest absolute Gasteiger partial charge is 0.308 e. The molecule has 4 unspecified atom stereocenters. The Bertz CT molecular complexity index is 361. The molecule has 2 saturated carbocycles. The van der Waals surface area contributed by atoms with Crippen molar-refractivity contribution in [2.75, 3.05) is 0 Å². The van der Waals surface area contributed by atoms with Gasteiger partial charge in [0.25, 0.3) is 0 Å². The van der Waals surface area contributed by atoms with E-state index in [1.54, 1.807) is 6.92 Å². The summed E-state index contributed by atoms with van der Waals surface area (Å²) in [5.41, 5.74) is -0.959. The molecule has 0 saturated heterocycles. The van der Waals surface area contributed by atoms with Crippen molar-refractivity contribution in [3.05, 3.63) is 0 Å². The third-order valence-electron chi connectivity index (χ3n) is 3.90. The van der Waals surface area contributed by atoms with E-state index in [0.717, 1.165) is 0 Å². The standard InChI is InChI=1S/C10H12O5/c1-10-3-2-4(7(10)11)5(8(12)13)6(10)9(14)15/h4-6H,2-3H2,1H3,(H,12,13)(H,14,15). The van der Waals surface area contributed by atoms with Gasteiger partial charge in [0.2, 0.25) is 0 Å². The topological polar surface area (TPSA) is 91.7 Å². The van der Waals surface area contributed by atoms with Gasteiger partial charge >= 0.3 is 11.9 Å². The summed E-state index contributed by atoms with van der Waals surface area (Å²) in [6.07, 6.45) is 1.01. The molecule has 2 rings (SSSR count). The zero-order chi connectivity index (χ0) is 11.4. The minimum atomic E-state index is -1.17. The first-order valence-electron chi connectivity index (χ1n) is 4.89. The lowest BCUT2D eigenvalue weighted by Crippen LogP contribution is -2.39. The number of carbonyl (C=O) groups excluding carboxylic acids is 1. The fourth-order valence-electron chi connectivity index (χ4n) is 3.15. The third kappa shape index (κ3) is 1.06. The third-order valence-corrected chi connectivity index (χ3v) is 3.90. The summed E-state index contributed by atoms with van der Waals surface area (Å²) in [6, 6.07) is 0. The van der Waals surface area contributed by atoms with Crippen LogP contribution in [0.25, 0.3) is 0 Å². The van der Waals surface area contributed by atoms with Gasteiger partial charge in [0.05, 0.1) is 11.8 Å². The number of Topliss-reactive ketones (excluding diaryl/α,β-unsaturated/α-hetero) is 1. The molecule has 2 bridgehead atoms. The summed E-state index contributed by atoms with van der Waals surface area (Å²) in [7, 11) is 0. The van der Waals surface area contributed by atoms with Gasteiger partial charge < -0.3 is 10.2 Å². The van der Waals surface area contributed by atoms with Crippen molar-refractivity contribution >= 4 is 17.7 Å². The highest BCUT2D eigenvalue weighted by Gasteiger charge is 2.66. The number of aliphatic carboxylic acids is 2. The summed E-state index contributed by atoms with van der Waals surface area (Å²) >= 11 is 0. The normalized spacial score (nSPS) is 43.3. The predicted molar refractivity (Wildman–Crippen MR) is 48.1 cm³/mol. The summed E-state index contributed by atoms with van der Waals surface area (Å²) < 4.78 is 0. The van der Waals surface area contributed by atoms with E-state index in [1.807, 2.05) is 0 Å². The van der Waals surface area contributed by atoms with Crippen molar-refractivity contribution in [3.63, 3.8) is 0 Å². The van der Waals surface area contributed by atoms with E-state index < -0.39 is 35.1 Å². The molecule has 2 aliphatic rings. The number of hydrogen-bond acceptors (Lipinski definition) is 3. The minimum Gasteiger partial charge on any atom is -0.481 e. The Hall–Kier alpha value is -1.39. The van der Waals surface area contributed by atoms with Crippen LogP contribution in [0.4, 0.5) is 0 Å². The van der Waals surface area contributed by atoms with Crippen LogP contribution < -0.4 is 0 Å². The second kappa shape index (κ2) is 2.81. The molecule has 0 heterocycles. The van der Waals surface area contributed by atoms with Crippen LogP contribution in [0.15, 0.2) is 0 Å². The molecule has 0 amide bonds. The monoisotopic (exact) mass is 212 g/mol. The Morgan fingerprint density at radius 1 is 1.33 bits per heavy atom. The Labute approximate surface area is 86.1 Å². The maximum Gasteiger partial charge on any atom is 0.308 e. The zero-order valence-corrected chi connectivity index (χ0v) is 8.27. The quantitative estimate of drug-likeness (QED) is 0.690. The Morgan fingerprint density at radius 2 is 1.93 bits per heavy atom. The fourth-order valence-corrected chi connectivity index (χ4v) is 3.15. The molecule has 4 atom stereocenters. The van der Waals surface area contributed by atoms with Crippen LogP contribution in [0.3, 0.4) is 0 Å². The second-order valence-electron chi connectivity index (χ2n) is 4.61. The molecule has 0 aliphatic heterocycles. The van der Waals surface area contributed by atoms with E-state index in [0.29, 0.717) is 12.8 Å². The summed E-state index contributed by atoms with van der Waals surface area (Å²) in [4.78, 5) is 33.8. The summed E-state index contributed by atoms with van der Waals surface area (Å²) in [5, 5.41) is 18.0. The molecule has 0 aromatic carbocycles. The minimum absolute atomic E-state index is 0.178. The van der Waals surface area contributed by atoms with Gasteiger partial charge in [0.1, 0.15) is 5.78 Å². The van der Waals surface area contributed by atoms with Crippen molar-refractivity contribution in [2.45, 2.75) is 19.8 Å². The summed E-state index contributed by atoms with van der Waals surface area (Å²) in [6.45, 7) is 1.58. The molecule has 5 nitrogen and oxygen atoms in total. The number of carbonyl (C=O) groups is 3. The van der Waals surface area contributed by atoms with E-state index in [1.165, 1.54) is 0 Å². The molecule has 2 aliphatic carbocycles. The molecule has 2 N–H and O–H groups in total. The van der Waals surface area contributed by atoms with Crippen molar-refractivity contribution < 1.29 is 24.6 Å². The first-order valence-corrected chi connectivity index (χ1v) is 4.89. The van der Waals surface area contributed by atoms with Crippen LogP contribution in [0, 0.1) is 23.2 Å². The maximum absolute atomic E-state index is 11.8. The average molecular weight is 212 g/mol. The number of carboxylic acids is 2. The Balaban J connectivity index is 2.47. The highest BCUT2D eigenvalue weighted by Crippen LogP contribution is 2.57. The number of rotatable bonds is 2. The number of carboxylic acid groups (broad SMARTS) is 2. The van der Waals surface area contributed by atoms with Crippen LogP contribution >= 0.6 is 0 Å². The highest BCUT2D eigenvalue weighted by atomic mass is 16.4. The lowest BCUT2D eigenvalue weighted by molar-refractivity contribution is -0.158. The van der Waals surface area contributed by atoms with E-state index in [9.17, 15) is 14.4 Å². The number of fused-ring (bicyclic) bond motifs is 2. The molecule has 2 fully saturated rings. The molecule has 82 valence electrons. The van der Waals surface area contributed by atoms with Gasteiger partial charge in [0, 0.05) is 11.3 Å². The summed E-state index contributed by atoms with van der Waals surface area (Å²) in [5.74, 6) is -5.18. The van der Waals surface area contributed by atoms with Crippen LogP contribution in [-0.2, 0) is 14.4 Å². The maximum atomic E-state index is 11.8. The van der Waals surface area contributed by atoms with Crippen molar-refractivity contribution in [1.82, 2.24) is 0 Å². The number of hydrogen-bond donors (Lipinski definition) is 2. The van der Waals surface area contributed by atoms with Crippen molar-refractivity contribution in [2.24, 2.45) is 23.2 Å². The first-order chi connectivity index (χ1) is 6.89. The van der Waals surface area contributed by atoms with Gasteiger partial charge in [-0.2, -0.15) is 0 Å². The Morgan fingerprint density at radius 3 is 2.33 bits per heavy atom. The first kappa shape index (κ1) is 10.1. The van der Waals surface area contributed by atoms with Gasteiger partial charge in [-0.3, -0.25) is 14.4 Å². The largest absolute Gasteiger partial charge is 0.481 e. The van der Waals surface area contributed by atoms with Gasteiger partial charge in [-0.15, -0.1) is 0 Å². The van der Waals surface area contributed by atoms with Crippen LogP contribution in [0.2, 0.25) is 0 Å². The van der Waals surface area contributed by atoms with E-state index >= 15 is 0 Å². The van der Waals surface area contributed by atoms with E-state index in [4.69, 9.17) is 10.2 Å².